The highest BCUT2D eigenvalue weighted by Crippen LogP contribution is 2.53. The van der Waals surface area contributed by atoms with Gasteiger partial charge in [-0.3, -0.25) is 4.79 Å². The maximum atomic E-state index is 11.6. The van der Waals surface area contributed by atoms with Crippen molar-refractivity contribution in [3.05, 3.63) is 0 Å². The van der Waals surface area contributed by atoms with E-state index in [1.54, 1.807) is 0 Å². The van der Waals surface area contributed by atoms with Crippen LogP contribution in [0.4, 0.5) is 0 Å². The minimum absolute atomic E-state index is 0.119. The highest BCUT2D eigenvalue weighted by molar-refractivity contribution is 5.79. The molecule has 3 rings (SSSR count). The number of piperazine rings is 1. The van der Waals surface area contributed by atoms with Gasteiger partial charge in [-0.25, -0.2) is 0 Å². The van der Waals surface area contributed by atoms with Crippen LogP contribution in [0.2, 0.25) is 0 Å². The lowest BCUT2D eigenvalue weighted by Crippen LogP contribution is -2.55. The molecule has 4 nitrogen and oxygen atoms in total. The largest absolute Gasteiger partial charge is 0.391 e. The van der Waals surface area contributed by atoms with Crippen molar-refractivity contribution in [1.82, 2.24) is 10.2 Å². The topological polar surface area (TPSA) is 52.6 Å². The quantitative estimate of drug-likeness (QED) is 0.576. The number of rotatable bonds is 1. The molecule has 3 aliphatic rings. The Kier molecular flexibility index (Phi) is 1.82. The fourth-order valence-electron chi connectivity index (χ4n) is 2.98. The van der Waals surface area contributed by atoms with Crippen molar-refractivity contribution in [2.45, 2.75) is 25.0 Å². The van der Waals surface area contributed by atoms with Gasteiger partial charge in [-0.1, -0.05) is 0 Å². The van der Waals surface area contributed by atoms with Crippen LogP contribution in [-0.4, -0.2) is 47.7 Å². The second-order valence-corrected chi connectivity index (χ2v) is 4.72. The zero-order chi connectivity index (χ0) is 9.71. The van der Waals surface area contributed by atoms with Crippen LogP contribution < -0.4 is 5.32 Å². The van der Waals surface area contributed by atoms with Gasteiger partial charge in [-0.15, -0.1) is 0 Å². The molecule has 0 aromatic carbocycles. The molecule has 4 heteroatoms. The fraction of sp³-hybridized carbons (Fsp3) is 0.900. The second-order valence-electron chi connectivity index (χ2n) is 4.72. The Morgan fingerprint density at radius 3 is 2.93 bits per heavy atom. The Morgan fingerprint density at radius 1 is 1.43 bits per heavy atom. The number of hydrogen-bond donors (Lipinski definition) is 2. The number of carbonyl (C=O) groups is 1. The molecule has 1 amide bonds. The predicted molar refractivity (Wildman–Crippen MR) is 50.6 cm³/mol. The SMILES string of the molecule is O=C1CNCCN1[C@@H]1C[C@H]2C[C@H]2[C@H]1O. The van der Waals surface area contributed by atoms with Gasteiger partial charge in [0.2, 0.25) is 5.91 Å². The average Bonchev–Trinajstić information content (AvgIpc) is 2.88. The number of nitrogens with zero attached hydrogens (tertiary/aromatic N) is 1. The Labute approximate surface area is 83.3 Å². The zero-order valence-corrected chi connectivity index (χ0v) is 8.15. The van der Waals surface area contributed by atoms with E-state index < -0.39 is 0 Å². The van der Waals surface area contributed by atoms with Crippen LogP contribution >= 0.6 is 0 Å². The second kappa shape index (κ2) is 2.94. The summed E-state index contributed by atoms with van der Waals surface area (Å²) in [5.41, 5.74) is 0. The lowest BCUT2D eigenvalue weighted by molar-refractivity contribution is -0.136. The first kappa shape index (κ1) is 8.68. The lowest BCUT2D eigenvalue weighted by atomic mass is 10.1. The number of aliphatic hydroxyl groups excluding tert-OH is 1. The minimum atomic E-state index is -0.248. The summed E-state index contributed by atoms with van der Waals surface area (Å²) in [6, 6.07) is 0.119. The van der Waals surface area contributed by atoms with Gasteiger partial charge in [0.15, 0.2) is 0 Å². The summed E-state index contributed by atoms with van der Waals surface area (Å²) in [6.45, 7) is 2.07. The Hall–Kier alpha value is -0.610. The van der Waals surface area contributed by atoms with E-state index in [4.69, 9.17) is 0 Å². The normalized spacial score (nSPS) is 46.6. The Morgan fingerprint density at radius 2 is 2.29 bits per heavy atom. The molecule has 1 heterocycles. The van der Waals surface area contributed by atoms with Crippen molar-refractivity contribution in [3.63, 3.8) is 0 Å². The Balaban J connectivity index is 1.72. The molecule has 0 bridgehead atoms. The molecule has 0 radical (unpaired) electrons. The van der Waals surface area contributed by atoms with Crippen LogP contribution in [0.25, 0.3) is 0 Å². The Bertz CT molecular complexity index is 269. The van der Waals surface area contributed by atoms with Crippen molar-refractivity contribution >= 4 is 5.91 Å². The number of aliphatic hydroxyl groups is 1. The highest BCUT2D eigenvalue weighted by atomic mass is 16.3. The van der Waals surface area contributed by atoms with Gasteiger partial charge in [0.1, 0.15) is 0 Å². The molecule has 1 aliphatic heterocycles. The number of hydrogen-bond acceptors (Lipinski definition) is 3. The number of nitrogens with one attached hydrogen (secondary N) is 1. The fourth-order valence-corrected chi connectivity index (χ4v) is 2.98. The van der Waals surface area contributed by atoms with E-state index in [2.05, 4.69) is 5.32 Å². The third-order valence-corrected chi connectivity index (χ3v) is 3.88. The van der Waals surface area contributed by atoms with Crippen LogP contribution in [0, 0.1) is 11.8 Å². The molecule has 3 fully saturated rings. The molecule has 0 unspecified atom stereocenters. The minimum Gasteiger partial charge on any atom is -0.391 e. The maximum Gasteiger partial charge on any atom is 0.236 e. The summed E-state index contributed by atoms with van der Waals surface area (Å²) in [4.78, 5) is 13.5. The first-order chi connectivity index (χ1) is 6.77. The van der Waals surface area contributed by atoms with Gasteiger partial charge < -0.3 is 15.3 Å². The molecular formula is C10H16N2O2. The smallest absolute Gasteiger partial charge is 0.236 e. The molecule has 1 saturated heterocycles. The van der Waals surface area contributed by atoms with Crippen LogP contribution in [0.5, 0.6) is 0 Å². The lowest BCUT2D eigenvalue weighted by Gasteiger charge is -2.35. The van der Waals surface area contributed by atoms with Gasteiger partial charge in [0.25, 0.3) is 0 Å². The summed E-state index contributed by atoms with van der Waals surface area (Å²) in [5.74, 6) is 1.36. The number of amides is 1. The first-order valence-corrected chi connectivity index (χ1v) is 5.45. The molecule has 2 saturated carbocycles. The van der Waals surface area contributed by atoms with Crippen molar-refractivity contribution in [1.29, 1.82) is 0 Å². The molecule has 2 aliphatic carbocycles. The van der Waals surface area contributed by atoms with Crippen LogP contribution in [0.1, 0.15) is 12.8 Å². The van der Waals surface area contributed by atoms with E-state index in [0.29, 0.717) is 18.4 Å². The molecule has 0 aromatic heterocycles. The molecule has 2 N–H and O–H groups in total. The van der Waals surface area contributed by atoms with Crippen LogP contribution in [-0.2, 0) is 4.79 Å². The van der Waals surface area contributed by atoms with Crippen molar-refractivity contribution < 1.29 is 9.90 Å². The number of fused-ring (bicyclic) bond motifs is 1. The standard InChI is InChI=1S/C10H16N2O2/c13-9-5-11-1-2-12(9)8-4-6-3-7(6)10(8)14/h6-8,10-11,14H,1-5H2/t6-,7-,8-,10-/m1/s1. The van der Waals surface area contributed by atoms with E-state index in [1.807, 2.05) is 4.90 Å². The van der Waals surface area contributed by atoms with Crippen molar-refractivity contribution in [2.75, 3.05) is 19.6 Å². The van der Waals surface area contributed by atoms with Gasteiger partial charge in [-0.05, 0) is 24.7 Å². The number of carbonyl (C=O) groups excluding carboxylic acids is 1. The predicted octanol–water partition coefficient (Wildman–Crippen LogP) is -0.812. The third-order valence-electron chi connectivity index (χ3n) is 3.88. The summed E-state index contributed by atoms with van der Waals surface area (Å²) in [5, 5.41) is 13.0. The summed E-state index contributed by atoms with van der Waals surface area (Å²) in [7, 11) is 0. The van der Waals surface area contributed by atoms with Crippen molar-refractivity contribution in [3.8, 4) is 0 Å². The monoisotopic (exact) mass is 196 g/mol. The summed E-state index contributed by atoms with van der Waals surface area (Å²) >= 11 is 0. The summed E-state index contributed by atoms with van der Waals surface area (Å²) < 4.78 is 0. The van der Waals surface area contributed by atoms with E-state index in [0.717, 1.165) is 19.5 Å². The van der Waals surface area contributed by atoms with E-state index in [-0.39, 0.29) is 18.1 Å². The van der Waals surface area contributed by atoms with Gasteiger partial charge in [-0.2, -0.15) is 0 Å². The summed E-state index contributed by atoms with van der Waals surface area (Å²) in [6.07, 6.45) is 1.96. The van der Waals surface area contributed by atoms with Gasteiger partial charge >= 0.3 is 0 Å². The first-order valence-electron chi connectivity index (χ1n) is 5.45. The molecule has 0 spiro atoms. The van der Waals surface area contributed by atoms with Crippen LogP contribution in [0.3, 0.4) is 0 Å². The van der Waals surface area contributed by atoms with E-state index in [1.165, 1.54) is 6.42 Å². The molecule has 0 aromatic rings. The van der Waals surface area contributed by atoms with Crippen LogP contribution in [0.15, 0.2) is 0 Å². The molecule has 4 atom stereocenters. The highest BCUT2D eigenvalue weighted by Gasteiger charge is 2.55. The third kappa shape index (κ3) is 1.17. The van der Waals surface area contributed by atoms with E-state index >= 15 is 0 Å². The van der Waals surface area contributed by atoms with Crippen molar-refractivity contribution in [2.24, 2.45) is 11.8 Å². The zero-order valence-electron chi connectivity index (χ0n) is 8.15. The van der Waals surface area contributed by atoms with Gasteiger partial charge in [0.05, 0.1) is 18.7 Å². The molecule has 78 valence electrons. The van der Waals surface area contributed by atoms with Gasteiger partial charge in [0, 0.05) is 13.1 Å². The molecular weight excluding hydrogens is 180 g/mol. The average molecular weight is 196 g/mol. The molecule has 14 heavy (non-hydrogen) atoms. The van der Waals surface area contributed by atoms with E-state index in [9.17, 15) is 9.90 Å². The maximum absolute atomic E-state index is 11.6.